The Labute approximate surface area is 128 Å². The van der Waals surface area contributed by atoms with E-state index < -0.39 is 0 Å². The summed E-state index contributed by atoms with van der Waals surface area (Å²) in [7, 11) is 0. The standard InChI is InChI=1S/C18H31NS/c19-17(12-20-16-4-2-1-3-5-16)18-9-13-6-14(10-18)8-15(7-13)11-18/h13-17H,1-12,19H2. The van der Waals surface area contributed by atoms with Crippen molar-refractivity contribution in [3.05, 3.63) is 0 Å². The van der Waals surface area contributed by atoms with E-state index >= 15 is 0 Å². The van der Waals surface area contributed by atoms with E-state index in [1.807, 2.05) is 0 Å². The van der Waals surface area contributed by atoms with Crippen LogP contribution >= 0.6 is 11.8 Å². The van der Waals surface area contributed by atoms with E-state index in [4.69, 9.17) is 5.73 Å². The van der Waals surface area contributed by atoms with Gasteiger partial charge in [0.05, 0.1) is 0 Å². The summed E-state index contributed by atoms with van der Waals surface area (Å²) in [6.45, 7) is 0. The molecule has 4 bridgehead atoms. The monoisotopic (exact) mass is 293 g/mol. The van der Waals surface area contributed by atoms with Gasteiger partial charge in [-0.1, -0.05) is 19.3 Å². The molecule has 0 aliphatic heterocycles. The molecule has 5 aliphatic carbocycles. The smallest absolute Gasteiger partial charge is 0.0187 e. The summed E-state index contributed by atoms with van der Waals surface area (Å²) in [5, 5.41) is 0.934. The number of rotatable bonds is 4. The predicted octanol–water partition coefficient (Wildman–Crippen LogP) is 4.60. The topological polar surface area (TPSA) is 26.0 Å². The summed E-state index contributed by atoms with van der Waals surface area (Å²) in [4.78, 5) is 0. The Hall–Kier alpha value is 0.310. The lowest BCUT2D eigenvalue weighted by Crippen LogP contribution is -2.55. The number of nitrogens with two attached hydrogens (primary N) is 1. The van der Waals surface area contributed by atoms with E-state index in [1.54, 1.807) is 19.3 Å². The fourth-order valence-corrected chi connectivity index (χ4v) is 7.78. The normalized spacial score (nSPS) is 45.8. The van der Waals surface area contributed by atoms with Gasteiger partial charge < -0.3 is 5.73 Å². The van der Waals surface area contributed by atoms with Crippen LogP contribution in [0.4, 0.5) is 0 Å². The minimum atomic E-state index is 0.489. The van der Waals surface area contributed by atoms with E-state index in [0.29, 0.717) is 11.5 Å². The third kappa shape index (κ3) is 2.56. The first-order chi connectivity index (χ1) is 9.73. The second-order valence-corrected chi connectivity index (χ2v) is 9.81. The van der Waals surface area contributed by atoms with Gasteiger partial charge in [0.15, 0.2) is 0 Å². The van der Waals surface area contributed by atoms with E-state index in [2.05, 4.69) is 11.8 Å². The fourth-order valence-electron chi connectivity index (χ4n) is 6.28. The predicted molar refractivity (Wildman–Crippen MR) is 87.9 cm³/mol. The summed E-state index contributed by atoms with van der Waals surface area (Å²) in [6, 6.07) is 0.489. The molecule has 5 fully saturated rings. The second kappa shape index (κ2) is 5.50. The van der Waals surface area contributed by atoms with Gasteiger partial charge in [-0.2, -0.15) is 11.8 Å². The summed E-state index contributed by atoms with van der Waals surface area (Å²) in [5.74, 6) is 4.39. The van der Waals surface area contributed by atoms with E-state index in [9.17, 15) is 0 Å². The van der Waals surface area contributed by atoms with E-state index in [1.165, 1.54) is 57.1 Å². The van der Waals surface area contributed by atoms with Crippen molar-refractivity contribution < 1.29 is 0 Å². The zero-order valence-corrected chi connectivity index (χ0v) is 13.7. The quantitative estimate of drug-likeness (QED) is 0.820. The molecule has 0 aromatic carbocycles. The molecule has 2 heteroatoms. The van der Waals surface area contributed by atoms with Gasteiger partial charge in [0.2, 0.25) is 0 Å². The molecule has 0 radical (unpaired) electrons. The lowest BCUT2D eigenvalue weighted by molar-refractivity contribution is -0.0629. The largest absolute Gasteiger partial charge is 0.326 e. The third-order valence-electron chi connectivity index (χ3n) is 6.94. The van der Waals surface area contributed by atoms with Crippen LogP contribution < -0.4 is 5.73 Å². The molecule has 2 N–H and O–H groups in total. The van der Waals surface area contributed by atoms with Crippen LogP contribution in [-0.4, -0.2) is 17.0 Å². The molecule has 0 heterocycles. The number of thioether (sulfide) groups is 1. The molecule has 0 aromatic heterocycles. The molecule has 5 rings (SSSR count). The SMILES string of the molecule is NC(CSC1CCCCC1)C12CC3CC(CC(C3)C1)C2. The summed E-state index contributed by atoms with van der Waals surface area (Å²) < 4.78 is 0. The van der Waals surface area contributed by atoms with Gasteiger partial charge in [-0.3, -0.25) is 0 Å². The lowest BCUT2D eigenvalue weighted by Gasteiger charge is -2.59. The molecule has 0 spiro atoms. The Balaban J connectivity index is 1.36. The molecule has 0 aromatic rings. The first-order valence-electron chi connectivity index (χ1n) is 9.11. The van der Waals surface area contributed by atoms with Crippen molar-refractivity contribution >= 4 is 11.8 Å². The zero-order chi connectivity index (χ0) is 13.6. The highest BCUT2D eigenvalue weighted by Crippen LogP contribution is 2.61. The van der Waals surface area contributed by atoms with E-state index in [0.717, 1.165) is 23.0 Å². The maximum atomic E-state index is 6.77. The van der Waals surface area contributed by atoms with Crippen LogP contribution in [-0.2, 0) is 0 Å². The molecule has 20 heavy (non-hydrogen) atoms. The molecule has 0 amide bonds. The molecule has 1 nitrogen and oxygen atoms in total. The molecule has 1 unspecified atom stereocenters. The Bertz CT molecular complexity index is 312. The van der Waals surface area contributed by atoms with E-state index in [-0.39, 0.29) is 0 Å². The van der Waals surface area contributed by atoms with Crippen molar-refractivity contribution in [1.29, 1.82) is 0 Å². The van der Waals surface area contributed by atoms with Gasteiger partial charge in [0.25, 0.3) is 0 Å². The molecular weight excluding hydrogens is 262 g/mol. The molecule has 1 atom stereocenters. The van der Waals surface area contributed by atoms with Gasteiger partial charge in [-0.15, -0.1) is 0 Å². The minimum absolute atomic E-state index is 0.489. The van der Waals surface area contributed by atoms with Gasteiger partial charge in [0, 0.05) is 17.0 Å². The highest BCUT2D eigenvalue weighted by atomic mass is 32.2. The summed E-state index contributed by atoms with van der Waals surface area (Å²) >= 11 is 2.23. The lowest BCUT2D eigenvalue weighted by atomic mass is 9.48. The van der Waals surface area contributed by atoms with Crippen LogP contribution in [0.15, 0.2) is 0 Å². The van der Waals surface area contributed by atoms with Crippen molar-refractivity contribution in [2.24, 2.45) is 28.9 Å². The minimum Gasteiger partial charge on any atom is -0.326 e. The Morgan fingerprint density at radius 2 is 1.45 bits per heavy atom. The average Bonchev–Trinajstić information content (AvgIpc) is 2.44. The van der Waals surface area contributed by atoms with Crippen molar-refractivity contribution in [2.45, 2.75) is 81.9 Å². The highest BCUT2D eigenvalue weighted by molar-refractivity contribution is 7.99. The molecule has 5 aliphatic rings. The third-order valence-corrected chi connectivity index (χ3v) is 8.43. The Morgan fingerprint density at radius 1 is 0.900 bits per heavy atom. The van der Waals surface area contributed by atoms with Gasteiger partial charge in [-0.25, -0.2) is 0 Å². The average molecular weight is 294 g/mol. The van der Waals surface area contributed by atoms with Gasteiger partial charge in [-0.05, 0) is 74.5 Å². The van der Waals surface area contributed by atoms with Crippen LogP contribution in [0.1, 0.15) is 70.6 Å². The van der Waals surface area contributed by atoms with Crippen LogP contribution in [0, 0.1) is 23.2 Å². The Kier molecular flexibility index (Phi) is 3.83. The maximum absolute atomic E-state index is 6.77. The molecular formula is C18H31NS. The van der Waals surface area contributed by atoms with Crippen LogP contribution in [0.5, 0.6) is 0 Å². The molecule has 5 saturated carbocycles. The van der Waals surface area contributed by atoms with Crippen molar-refractivity contribution in [1.82, 2.24) is 0 Å². The van der Waals surface area contributed by atoms with Crippen LogP contribution in [0.25, 0.3) is 0 Å². The number of hydrogen-bond acceptors (Lipinski definition) is 2. The summed E-state index contributed by atoms with van der Waals surface area (Å²) in [5.41, 5.74) is 7.34. The molecule has 0 saturated heterocycles. The first kappa shape index (κ1) is 13.9. The fraction of sp³-hybridized carbons (Fsp3) is 1.00. The van der Waals surface area contributed by atoms with Gasteiger partial charge in [0.1, 0.15) is 0 Å². The van der Waals surface area contributed by atoms with Gasteiger partial charge >= 0.3 is 0 Å². The summed E-state index contributed by atoms with van der Waals surface area (Å²) in [6.07, 6.45) is 16.4. The van der Waals surface area contributed by atoms with Crippen molar-refractivity contribution in [3.63, 3.8) is 0 Å². The highest BCUT2D eigenvalue weighted by Gasteiger charge is 2.53. The Morgan fingerprint density at radius 3 is 2.00 bits per heavy atom. The van der Waals surface area contributed by atoms with Crippen LogP contribution in [0.3, 0.4) is 0 Å². The van der Waals surface area contributed by atoms with Crippen LogP contribution in [0.2, 0.25) is 0 Å². The maximum Gasteiger partial charge on any atom is 0.0187 e. The van der Waals surface area contributed by atoms with Crippen molar-refractivity contribution in [2.75, 3.05) is 5.75 Å². The first-order valence-corrected chi connectivity index (χ1v) is 10.2. The number of hydrogen-bond donors (Lipinski definition) is 1. The zero-order valence-electron chi connectivity index (χ0n) is 12.9. The molecule has 114 valence electrons. The second-order valence-electron chi connectivity index (χ2n) is 8.48. The van der Waals surface area contributed by atoms with Crippen molar-refractivity contribution in [3.8, 4) is 0 Å².